The van der Waals surface area contributed by atoms with E-state index in [1.807, 2.05) is 19.2 Å². The summed E-state index contributed by atoms with van der Waals surface area (Å²) in [6, 6.07) is 5.71. The van der Waals surface area contributed by atoms with E-state index in [0.717, 1.165) is 25.3 Å². The van der Waals surface area contributed by atoms with Crippen molar-refractivity contribution in [1.29, 1.82) is 5.26 Å². The van der Waals surface area contributed by atoms with Crippen LogP contribution in [0.15, 0.2) is 18.3 Å². The molecule has 0 saturated carbocycles. The lowest BCUT2D eigenvalue weighted by Crippen LogP contribution is -2.19. The Balaban J connectivity index is 2.57. The van der Waals surface area contributed by atoms with Gasteiger partial charge in [-0.25, -0.2) is 4.98 Å². The van der Waals surface area contributed by atoms with Crippen LogP contribution in [0.3, 0.4) is 0 Å². The first-order chi connectivity index (χ1) is 7.27. The van der Waals surface area contributed by atoms with Crippen LogP contribution in [0, 0.1) is 11.3 Å². The molecule has 1 heterocycles. The van der Waals surface area contributed by atoms with Crippen LogP contribution >= 0.6 is 0 Å². The molecule has 0 fully saturated rings. The highest BCUT2D eigenvalue weighted by molar-refractivity contribution is 5.47. The normalized spacial score (nSPS) is 9.67. The Bertz CT molecular complexity index is 346. The van der Waals surface area contributed by atoms with Gasteiger partial charge in [0, 0.05) is 39.2 Å². The van der Waals surface area contributed by atoms with Crippen LogP contribution < -0.4 is 4.90 Å². The van der Waals surface area contributed by atoms with Crippen LogP contribution in [0.1, 0.15) is 12.1 Å². The third-order valence-corrected chi connectivity index (χ3v) is 2.14. The first-order valence-electron chi connectivity index (χ1n) is 4.84. The van der Waals surface area contributed by atoms with Crippen molar-refractivity contribution < 1.29 is 4.74 Å². The highest BCUT2D eigenvalue weighted by atomic mass is 16.5. The molecular weight excluding hydrogens is 190 g/mol. The minimum Gasteiger partial charge on any atom is -0.385 e. The predicted molar refractivity (Wildman–Crippen MR) is 58.7 cm³/mol. The summed E-state index contributed by atoms with van der Waals surface area (Å²) < 4.78 is 4.98. The number of ether oxygens (including phenoxy) is 1. The number of pyridine rings is 1. The molecule has 0 saturated heterocycles. The van der Waals surface area contributed by atoms with Gasteiger partial charge in [0.2, 0.25) is 0 Å². The Morgan fingerprint density at radius 3 is 3.07 bits per heavy atom. The van der Waals surface area contributed by atoms with E-state index in [4.69, 9.17) is 10.00 Å². The molecule has 0 spiro atoms. The van der Waals surface area contributed by atoms with E-state index < -0.39 is 0 Å². The minimum atomic E-state index is 0.450. The first kappa shape index (κ1) is 11.5. The van der Waals surface area contributed by atoms with Crippen LogP contribution in [-0.2, 0) is 4.74 Å². The van der Waals surface area contributed by atoms with Crippen molar-refractivity contribution in [2.24, 2.45) is 0 Å². The van der Waals surface area contributed by atoms with E-state index in [1.165, 1.54) is 0 Å². The molecule has 1 aromatic heterocycles. The van der Waals surface area contributed by atoms with Gasteiger partial charge in [-0.1, -0.05) is 0 Å². The number of rotatable bonds is 5. The highest BCUT2D eigenvalue weighted by Crippen LogP contribution is 2.12. The molecule has 0 unspecified atom stereocenters. The van der Waals surface area contributed by atoms with Gasteiger partial charge in [-0.2, -0.15) is 5.26 Å². The smallest absolute Gasteiger partial charge is 0.142 e. The van der Waals surface area contributed by atoms with Gasteiger partial charge in [-0.3, -0.25) is 0 Å². The topological polar surface area (TPSA) is 49.1 Å². The molecule has 0 aliphatic heterocycles. The quantitative estimate of drug-likeness (QED) is 0.682. The maximum atomic E-state index is 8.71. The molecule has 80 valence electrons. The average Bonchev–Trinajstić information content (AvgIpc) is 2.29. The minimum absolute atomic E-state index is 0.450. The van der Waals surface area contributed by atoms with Gasteiger partial charge in [-0.15, -0.1) is 0 Å². The highest BCUT2D eigenvalue weighted by Gasteiger charge is 2.01. The Hall–Kier alpha value is -1.60. The molecule has 4 nitrogen and oxygen atoms in total. The number of hydrogen-bond donors (Lipinski definition) is 0. The van der Waals surface area contributed by atoms with Gasteiger partial charge in [0.15, 0.2) is 0 Å². The zero-order valence-electron chi connectivity index (χ0n) is 9.10. The summed E-state index contributed by atoms with van der Waals surface area (Å²) in [5, 5.41) is 8.71. The summed E-state index contributed by atoms with van der Waals surface area (Å²) in [6.45, 7) is 1.66. The summed E-state index contributed by atoms with van der Waals surface area (Å²) in [7, 11) is 3.69. The van der Waals surface area contributed by atoms with E-state index in [9.17, 15) is 0 Å². The molecule has 0 bridgehead atoms. The maximum Gasteiger partial charge on any atom is 0.142 e. The summed E-state index contributed by atoms with van der Waals surface area (Å²) in [4.78, 5) is 6.01. The molecule has 4 heteroatoms. The molecule has 1 rings (SSSR count). The van der Waals surface area contributed by atoms with Crippen molar-refractivity contribution in [3.8, 4) is 6.07 Å². The largest absolute Gasteiger partial charge is 0.385 e. The fourth-order valence-electron chi connectivity index (χ4n) is 1.29. The Morgan fingerprint density at radius 2 is 2.40 bits per heavy atom. The average molecular weight is 205 g/mol. The predicted octanol–water partition coefficient (Wildman–Crippen LogP) is 1.43. The standard InChI is InChI=1S/C11H15N3O/c1-14(6-3-7-15-2)11-4-5-13-10(8-11)9-12/h4-5,8H,3,6-7H2,1-2H3. The number of methoxy groups -OCH3 is 1. The van der Waals surface area contributed by atoms with E-state index in [0.29, 0.717) is 5.69 Å². The fraction of sp³-hybridized carbons (Fsp3) is 0.455. The van der Waals surface area contributed by atoms with Crippen molar-refractivity contribution >= 4 is 5.69 Å². The van der Waals surface area contributed by atoms with E-state index in [-0.39, 0.29) is 0 Å². The molecular formula is C11H15N3O. The van der Waals surface area contributed by atoms with E-state index in [2.05, 4.69) is 9.88 Å². The second-order valence-electron chi connectivity index (χ2n) is 3.28. The van der Waals surface area contributed by atoms with Crippen LogP contribution in [0.2, 0.25) is 0 Å². The van der Waals surface area contributed by atoms with Gasteiger partial charge in [0.05, 0.1) is 0 Å². The van der Waals surface area contributed by atoms with Crippen molar-refractivity contribution in [1.82, 2.24) is 4.98 Å². The molecule has 0 atom stereocenters. The second-order valence-corrected chi connectivity index (χ2v) is 3.28. The maximum absolute atomic E-state index is 8.71. The van der Waals surface area contributed by atoms with Crippen molar-refractivity contribution in [2.45, 2.75) is 6.42 Å². The number of anilines is 1. The van der Waals surface area contributed by atoms with Gasteiger partial charge >= 0.3 is 0 Å². The zero-order valence-corrected chi connectivity index (χ0v) is 9.10. The molecule has 0 aliphatic carbocycles. The third-order valence-electron chi connectivity index (χ3n) is 2.14. The summed E-state index contributed by atoms with van der Waals surface area (Å²) in [5.41, 5.74) is 1.46. The van der Waals surface area contributed by atoms with Crippen LogP contribution in [0.5, 0.6) is 0 Å². The lowest BCUT2D eigenvalue weighted by atomic mass is 10.3. The molecule has 1 aromatic rings. The summed E-state index contributed by atoms with van der Waals surface area (Å²) in [5.74, 6) is 0. The monoisotopic (exact) mass is 205 g/mol. The molecule has 0 radical (unpaired) electrons. The molecule has 15 heavy (non-hydrogen) atoms. The van der Waals surface area contributed by atoms with Gasteiger partial charge in [0.25, 0.3) is 0 Å². The Morgan fingerprint density at radius 1 is 1.60 bits per heavy atom. The van der Waals surface area contributed by atoms with E-state index >= 15 is 0 Å². The van der Waals surface area contributed by atoms with Gasteiger partial charge in [0.1, 0.15) is 11.8 Å². The number of aromatic nitrogens is 1. The Kier molecular flexibility index (Phi) is 4.58. The van der Waals surface area contributed by atoms with Crippen molar-refractivity contribution in [2.75, 3.05) is 32.2 Å². The lowest BCUT2D eigenvalue weighted by Gasteiger charge is -2.18. The number of nitrogens with zero attached hydrogens (tertiary/aromatic N) is 3. The molecule has 0 N–H and O–H groups in total. The molecule has 0 aromatic carbocycles. The third kappa shape index (κ3) is 3.56. The molecule has 0 amide bonds. The van der Waals surface area contributed by atoms with Crippen molar-refractivity contribution in [3.63, 3.8) is 0 Å². The number of nitriles is 1. The van der Waals surface area contributed by atoms with Crippen LogP contribution in [0.4, 0.5) is 5.69 Å². The number of hydrogen-bond acceptors (Lipinski definition) is 4. The van der Waals surface area contributed by atoms with Gasteiger partial charge in [-0.05, 0) is 18.6 Å². The SMILES string of the molecule is COCCCN(C)c1ccnc(C#N)c1. The second kappa shape index (κ2) is 5.99. The summed E-state index contributed by atoms with van der Waals surface area (Å²) >= 11 is 0. The first-order valence-corrected chi connectivity index (χ1v) is 4.84. The summed E-state index contributed by atoms with van der Waals surface area (Å²) in [6.07, 6.45) is 2.62. The lowest BCUT2D eigenvalue weighted by molar-refractivity contribution is 0.196. The van der Waals surface area contributed by atoms with E-state index in [1.54, 1.807) is 19.4 Å². The fourth-order valence-corrected chi connectivity index (χ4v) is 1.29. The van der Waals surface area contributed by atoms with Crippen LogP contribution in [-0.4, -0.2) is 32.3 Å². The van der Waals surface area contributed by atoms with Crippen molar-refractivity contribution in [3.05, 3.63) is 24.0 Å². The van der Waals surface area contributed by atoms with Gasteiger partial charge < -0.3 is 9.64 Å². The molecule has 0 aliphatic rings. The Labute approximate surface area is 90.1 Å². The zero-order chi connectivity index (χ0) is 11.1. The van der Waals surface area contributed by atoms with Crippen LogP contribution in [0.25, 0.3) is 0 Å².